The molecule has 1 fully saturated rings. The van der Waals surface area contributed by atoms with Crippen LogP contribution in [0.5, 0.6) is 0 Å². The predicted molar refractivity (Wildman–Crippen MR) is 81.9 cm³/mol. The van der Waals surface area contributed by atoms with Crippen molar-refractivity contribution in [3.05, 3.63) is 11.7 Å². The van der Waals surface area contributed by atoms with E-state index in [4.69, 9.17) is 15.0 Å². The lowest BCUT2D eigenvalue weighted by Crippen LogP contribution is -2.39. The third-order valence-corrected chi connectivity index (χ3v) is 4.72. The molecule has 0 amide bonds. The van der Waals surface area contributed by atoms with Gasteiger partial charge < -0.3 is 15.0 Å². The molecule has 0 spiro atoms. The molecule has 0 aromatic carbocycles. The maximum absolute atomic E-state index is 6.06. The van der Waals surface area contributed by atoms with E-state index < -0.39 is 0 Å². The highest BCUT2D eigenvalue weighted by Gasteiger charge is 2.40. The van der Waals surface area contributed by atoms with Gasteiger partial charge in [-0.1, -0.05) is 25.9 Å². The Balaban J connectivity index is 2.21. The summed E-state index contributed by atoms with van der Waals surface area (Å²) in [5, 5.41) is 4.18. The van der Waals surface area contributed by atoms with Gasteiger partial charge in [-0.25, -0.2) is 0 Å². The largest absolute Gasteiger partial charge is 0.370 e. The molecule has 2 rings (SSSR count). The molecule has 120 valence electrons. The van der Waals surface area contributed by atoms with Gasteiger partial charge in [0.25, 0.3) is 0 Å². The number of hydrogen-bond acceptors (Lipinski definition) is 5. The average molecular weight is 295 g/mol. The molecule has 1 aliphatic rings. The number of nitrogens with zero attached hydrogens (tertiary/aromatic N) is 2. The topological polar surface area (TPSA) is 74.2 Å². The molecule has 0 aliphatic heterocycles. The fourth-order valence-electron chi connectivity index (χ4n) is 3.13. The molecule has 1 heterocycles. The van der Waals surface area contributed by atoms with E-state index in [1.165, 1.54) is 12.8 Å². The molecule has 1 atom stereocenters. The Morgan fingerprint density at radius 3 is 2.57 bits per heavy atom. The van der Waals surface area contributed by atoms with Gasteiger partial charge in [0.05, 0.1) is 5.41 Å². The molecule has 2 N–H and O–H groups in total. The van der Waals surface area contributed by atoms with E-state index >= 15 is 0 Å². The first-order valence-corrected chi connectivity index (χ1v) is 8.18. The molecule has 1 aliphatic carbocycles. The van der Waals surface area contributed by atoms with E-state index in [-0.39, 0.29) is 11.5 Å². The minimum atomic E-state index is -0.133. The van der Waals surface area contributed by atoms with Gasteiger partial charge in [-0.15, -0.1) is 0 Å². The van der Waals surface area contributed by atoms with Crippen LogP contribution in [0.4, 0.5) is 0 Å². The van der Waals surface area contributed by atoms with Crippen LogP contribution in [0.15, 0.2) is 4.52 Å². The highest BCUT2D eigenvalue weighted by atomic mass is 16.5. The van der Waals surface area contributed by atoms with Crippen LogP contribution < -0.4 is 5.73 Å². The first-order chi connectivity index (χ1) is 10.0. The van der Waals surface area contributed by atoms with Crippen LogP contribution in [-0.2, 0) is 10.2 Å². The number of aromatic nitrogens is 2. The van der Waals surface area contributed by atoms with E-state index in [9.17, 15) is 0 Å². The zero-order valence-corrected chi connectivity index (χ0v) is 13.8. The summed E-state index contributed by atoms with van der Waals surface area (Å²) in [5.41, 5.74) is 5.93. The Kier molecular flexibility index (Phi) is 5.38. The van der Waals surface area contributed by atoms with E-state index in [0.717, 1.165) is 18.8 Å². The third-order valence-electron chi connectivity index (χ3n) is 4.72. The minimum absolute atomic E-state index is 0.107. The maximum Gasteiger partial charge on any atom is 0.234 e. The molecule has 0 radical (unpaired) electrons. The first kappa shape index (κ1) is 16.4. The Morgan fingerprint density at radius 2 is 2.05 bits per heavy atom. The SMILES string of the molecule is CCOC(c1noc(C2(CN)CCC(C)CC2)n1)C(C)C. The molecule has 21 heavy (non-hydrogen) atoms. The normalized spacial score (nSPS) is 28.0. The Labute approximate surface area is 127 Å². The molecular formula is C16H29N3O2. The Bertz CT molecular complexity index is 436. The van der Waals surface area contributed by atoms with Crippen LogP contribution in [0.25, 0.3) is 0 Å². The third kappa shape index (κ3) is 3.46. The van der Waals surface area contributed by atoms with Crippen molar-refractivity contribution in [2.24, 2.45) is 17.6 Å². The monoisotopic (exact) mass is 295 g/mol. The molecule has 1 saturated carbocycles. The van der Waals surface area contributed by atoms with E-state index in [1.807, 2.05) is 6.92 Å². The predicted octanol–water partition coefficient (Wildman–Crippen LogP) is 3.21. The van der Waals surface area contributed by atoms with E-state index in [1.54, 1.807) is 0 Å². The minimum Gasteiger partial charge on any atom is -0.370 e. The van der Waals surface area contributed by atoms with Crippen molar-refractivity contribution < 1.29 is 9.26 Å². The van der Waals surface area contributed by atoms with Gasteiger partial charge in [0, 0.05) is 13.2 Å². The van der Waals surface area contributed by atoms with Crippen LogP contribution in [0, 0.1) is 11.8 Å². The average Bonchev–Trinajstić information content (AvgIpc) is 2.95. The summed E-state index contributed by atoms with van der Waals surface area (Å²) in [6, 6.07) is 0. The lowest BCUT2D eigenvalue weighted by atomic mass is 9.71. The van der Waals surface area contributed by atoms with Gasteiger partial charge in [-0.3, -0.25) is 0 Å². The highest BCUT2D eigenvalue weighted by Crippen LogP contribution is 2.40. The van der Waals surface area contributed by atoms with Crippen LogP contribution >= 0.6 is 0 Å². The number of ether oxygens (including phenoxy) is 1. The van der Waals surface area contributed by atoms with Crippen LogP contribution in [0.3, 0.4) is 0 Å². The first-order valence-electron chi connectivity index (χ1n) is 8.18. The zero-order valence-electron chi connectivity index (χ0n) is 13.8. The van der Waals surface area contributed by atoms with Gasteiger partial charge in [0.15, 0.2) is 0 Å². The second kappa shape index (κ2) is 6.88. The summed E-state index contributed by atoms with van der Waals surface area (Å²) >= 11 is 0. The number of hydrogen-bond donors (Lipinski definition) is 1. The molecule has 1 aromatic heterocycles. The van der Waals surface area contributed by atoms with Crippen LogP contribution in [-0.4, -0.2) is 23.3 Å². The van der Waals surface area contributed by atoms with Crippen molar-refractivity contribution in [2.75, 3.05) is 13.2 Å². The van der Waals surface area contributed by atoms with E-state index in [2.05, 4.69) is 30.9 Å². The number of rotatable bonds is 6. The quantitative estimate of drug-likeness (QED) is 0.872. The van der Waals surface area contributed by atoms with Gasteiger partial charge >= 0.3 is 0 Å². The standard InChI is InChI=1S/C16H29N3O2/c1-5-20-13(11(2)3)14-18-15(21-19-14)16(10-17)8-6-12(4)7-9-16/h11-13H,5-10,17H2,1-4H3. The Hall–Kier alpha value is -0.940. The van der Waals surface area contributed by atoms with Crippen LogP contribution in [0.2, 0.25) is 0 Å². The van der Waals surface area contributed by atoms with Crippen molar-refractivity contribution in [1.29, 1.82) is 0 Å². The summed E-state index contributed by atoms with van der Waals surface area (Å²) < 4.78 is 11.3. The van der Waals surface area contributed by atoms with Crippen LogP contribution in [0.1, 0.15) is 71.2 Å². The molecule has 1 unspecified atom stereocenters. The van der Waals surface area contributed by atoms with Crippen molar-refractivity contribution >= 4 is 0 Å². The van der Waals surface area contributed by atoms with Gasteiger partial charge in [0.2, 0.25) is 11.7 Å². The summed E-state index contributed by atoms with van der Waals surface area (Å²) in [6.45, 7) is 9.72. The Morgan fingerprint density at radius 1 is 1.38 bits per heavy atom. The molecule has 0 saturated heterocycles. The fraction of sp³-hybridized carbons (Fsp3) is 0.875. The van der Waals surface area contributed by atoms with Gasteiger partial charge in [-0.2, -0.15) is 4.98 Å². The van der Waals surface area contributed by atoms with Gasteiger partial charge in [0.1, 0.15) is 6.10 Å². The maximum atomic E-state index is 6.06. The second-order valence-electron chi connectivity index (χ2n) is 6.74. The summed E-state index contributed by atoms with van der Waals surface area (Å²) in [4.78, 5) is 4.66. The van der Waals surface area contributed by atoms with E-state index in [0.29, 0.717) is 30.8 Å². The summed E-state index contributed by atoms with van der Waals surface area (Å²) in [6.07, 6.45) is 4.31. The highest BCUT2D eigenvalue weighted by molar-refractivity contribution is 5.09. The van der Waals surface area contributed by atoms with Crippen molar-refractivity contribution in [1.82, 2.24) is 10.1 Å². The van der Waals surface area contributed by atoms with Crippen molar-refractivity contribution in [2.45, 2.75) is 64.9 Å². The molecule has 5 heteroatoms. The van der Waals surface area contributed by atoms with Crippen molar-refractivity contribution in [3.63, 3.8) is 0 Å². The molecule has 1 aromatic rings. The lowest BCUT2D eigenvalue weighted by molar-refractivity contribution is 0.0217. The smallest absolute Gasteiger partial charge is 0.234 e. The molecular weight excluding hydrogens is 266 g/mol. The summed E-state index contributed by atoms with van der Waals surface area (Å²) in [5.74, 6) is 2.44. The zero-order chi connectivity index (χ0) is 15.5. The summed E-state index contributed by atoms with van der Waals surface area (Å²) in [7, 11) is 0. The molecule has 0 bridgehead atoms. The molecule has 5 nitrogen and oxygen atoms in total. The second-order valence-corrected chi connectivity index (χ2v) is 6.74. The lowest BCUT2D eigenvalue weighted by Gasteiger charge is -2.35. The number of nitrogens with two attached hydrogens (primary N) is 1. The van der Waals surface area contributed by atoms with Gasteiger partial charge in [-0.05, 0) is 44.4 Å². The van der Waals surface area contributed by atoms with Crippen molar-refractivity contribution in [3.8, 4) is 0 Å². The fourth-order valence-corrected chi connectivity index (χ4v) is 3.13.